The summed E-state index contributed by atoms with van der Waals surface area (Å²) in [4.78, 5) is 10.6. The van der Waals surface area contributed by atoms with Crippen LogP contribution in [0, 0.1) is 0 Å². The van der Waals surface area contributed by atoms with Crippen molar-refractivity contribution in [1.82, 2.24) is 9.97 Å². The Morgan fingerprint density at radius 3 is 1.73 bits per heavy atom. The number of furan rings is 1. The Morgan fingerprint density at radius 2 is 0.929 bits per heavy atom. The molecule has 8 aromatic carbocycles. The van der Waals surface area contributed by atoms with E-state index in [1.165, 1.54) is 31.3 Å². The quantitative estimate of drug-likeness (QED) is 0.171. The maximum atomic E-state index is 6.59. The Morgan fingerprint density at radius 1 is 0.357 bits per heavy atom. The Hall–Kier alpha value is -7.14. The molecular formula is C52H32N2OS. The van der Waals surface area contributed by atoms with Gasteiger partial charge < -0.3 is 4.42 Å². The van der Waals surface area contributed by atoms with E-state index in [4.69, 9.17) is 14.4 Å². The molecule has 262 valence electrons. The second-order valence-corrected chi connectivity index (χ2v) is 15.2. The summed E-state index contributed by atoms with van der Waals surface area (Å²) in [6, 6.07) is 68.5. The molecule has 0 fully saturated rings. The zero-order chi connectivity index (χ0) is 37.0. The van der Waals surface area contributed by atoms with Crippen LogP contribution in [0.5, 0.6) is 0 Å². The molecule has 3 nitrogen and oxygen atoms in total. The van der Waals surface area contributed by atoms with Crippen LogP contribution in [-0.4, -0.2) is 9.97 Å². The zero-order valence-corrected chi connectivity index (χ0v) is 31.0. The van der Waals surface area contributed by atoms with Crippen LogP contribution in [0.2, 0.25) is 0 Å². The minimum atomic E-state index is 0.690. The van der Waals surface area contributed by atoms with E-state index < -0.39 is 0 Å². The Balaban J connectivity index is 1.15. The predicted octanol–water partition coefficient (Wildman–Crippen LogP) is 14.7. The van der Waals surface area contributed by atoms with Gasteiger partial charge in [-0.05, 0) is 64.2 Å². The molecule has 0 amide bonds. The number of benzene rings is 8. The monoisotopic (exact) mass is 732 g/mol. The summed E-state index contributed by atoms with van der Waals surface area (Å²) in [5.74, 6) is 0.690. The van der Waals surface area contributed by atoms with Gasteiger partial charge in [-0.3, -0.25) is 0 Å². The standard InChI is InChI=1S/C52H32N2OS/c1-3-13-33(14-4-1)34-25-27-35(28-26-34)37-29-38(40-19-11-20-43-41-17-7-9-23-48(41)55-50(40)43)31-39(30-37)46-32-47(54-52(53-46)36-15-5-2-6-16-36)45-22-12-21-44-42-18-8-10-24-49(42)56-51(44)45/h1-32H. The van der Waals surface area contributed by atoms with E-state index in [1.54, 1.807) is 0 Å². The number of thiophene rings is 1. The fourth-order valence-electron chi connectivity index (χ4n) is 7.96. The average molecular weight is 733 g/mol. The molecular weight excluding hydrogens is 701 g/mol. The lowest BCUT2D eigenvalue weighted by molar-refractivity contribution is 0.670. The first-order valence-corrected chi connectivity index (χ1v) is 19.6. The fourth-order valence-corrected chi connectivity index (χ4v) is 9.18. The van der Waals surface area contributed by atoms with Gasteiger partial charge in [-0.25, -0.2) is 9.97 Å². The maximum Gasteiger partial charge on any atom is 0.160 e. The van der Waals surface area contributed by atoms with Crippen LogP contribution in [-0.2, 0) is 0 Å². The highest BCUT2D eigenvalue weighted by Crippen LogP contribution is 2.42. The molecule has 0 N–H and O–H groups in total. The third-order valence-electron chi connectivity index (χ3n) is 10.7. The van der Waals surface area contributed by atoms with Crippen LogP contribution in [0.15, 0.2) is 199 Å². The van der Waals surface area contributed by atoms with Gasteiger partial charge in [0.25, 0.3) is 0 Å². The summed E-state index contributed by atoms with van der Waals surface area (Å²) < 4.78 is 9.08. The lowest BCUT2D eigenvalue weighted by atomic mass is 9.93. The van der Waals surface area contributed by atoms with E-state index in [2.05, 4.69) is 164 Å². The molecule has 0 unspecified atom stereocenters. The maximum absolute atomic E-state index is 6.59. The summed E-state index contributed by atoms with van der Waals surface area (Å²) in [6.07, 6.45) is 0. The van der Waals surface area contributed by atoms with Gasteiger partial charge >= 0.3 is 0 Å². The summed E-state index contributed by atoms with van der Waals surface area (Å²) in [7, 11) is 0. The van der Waals surface area contributed by atoms with Crippen LogP contribution < -0.4 is 0 Å². The van der Waals surface area contributed by atoms with Crippen LogP contribution >= 0.6 is 11.3 Å². The van der Waals surface area contributed by atoms with Gasteiger partial charge in [-0.2, -0.15) is 0 Å². The molecule has 3 heterocycles. The minimum absolute atomic E-state index is 0.690. The normalized spacial score (nSPS) is 11.6. The Kier molecular flexibility index (Phi) is 7.68. The van der Waals surface area contributed by atoms with E-state index in [9.17, 15) is 0 Å². The molecule has 0 aliphatic rings. The van der Waals surface area contributed by atoms with Gasteiger partial charge in [-0.15, -0.1) is 11.3 Å². The van der Waals surface area contributed by atoms with Crippen molar-refractivity contribution >= 4 is 53.4 Å². The van der Waals surface area contributed by atoms with Crippen LogP contribution in [0.1, 0.15) is 0 Å². The number of fused-ring (bicyclic) bond motifs is 6. The highest BCUT2D eigenvalue weighted by Gasteiger charge is 2.18. The van der Waals surface area contributed by atoms with Crippen molar-refractivity contribution < 1.29 is 4.42 Å². The number of nitrogens with zero attached hydrogens (tertiary/aromatic N) is 2. The molecule has 11 rings (SSSR count). The number of aromatic nitrogens is 2. The fraction of sp³-hybridized carbons (Fsp3) is 0. The van der Waals surface area contributed by atoms with Crippen molar-refractivity contribution in [2.45, 2.75) is 0 Å². The summed E-state index contributed by atoms with van der Waals surface area (Å²) in [6.45, 7) is 0. The summed E-state index contributed by atoms with van der Waals surface area (Å²) in [5, 5.41) is 4.72. The predicted molar refractivity (Wildman–Crippen MR) is 235 cm³/mol. The Labute approximate surface area is 327 Å². The van der Waals surface area contributed by atoms with E-state index in [0.717, 1.165) is 72.3 Å². The first-order valence-electron chi connectivity index (χ1n) is 18.8. The van der Waals surface area contributed by atoms with Crippen LogP contribution in [0.3, 0.4) is 0 Å². The smallest absolute Gasteiger partial charge is 0.160 e. The van der Waals surface area contributed by atoms with Crippen LogP contribution in [0.4, 0.5) is 0 Å². The first-order chi connectivity index (χ1) is 27.7. The molecule has 0 aliphatic carbocycles. The molecule has 0 spiro atoms. The third-order valence-corrected chi connectivity index (χ3v) is 11.9. The third kappa shape index (κ3) is 5.58. The second-order valence-electron chi connectivity index (χ2n) is 14.1. The largest absolute Gasteiger partial charge is 0.455 e. The molecule has 0 saturated heterocycles. The highest BCUT2D eigenvalue weighted by molar-refractivity contribution is 7.26. The average Bonchev–Trinajstić information content (AvgIpc) is 3.86. The Bertz CT molecular complexity index is 3240. The number of hydrogen-bond donors (Lipinski definition) is 0. The topological polar surface area (TPSA) is 38.9 Å². The number of hydrogen-bond acceptors (Lipinski definition) is 4. The van der Waals surface area contributed by atoms with Crippen LogP contribution in [0.25, 0.3) is 109 Å². The van der Waals surface area contributed by atoms with Gasteiger partial charge in [0, 0.05) is 53.2 Å². The highest BCUT2D eigenvalue weighted by atomic mass is 32.1. The van der Waals surface area contributed by atoms with Crippen molar-refractivity contribution in [3.63, 3.8) is 0 Å². The molecule has 4 heteroatoms. The van der Waals surface area contributed by atoms with Gasteiger partial charge in [-0.1, -0.05) is 158 Å². The summed E-state index contributed by atoms with van der Waals surface area (Å²) in [5.41, 5.74) is 13.3. The summed E-state index contributed by atoms with van der Waals surface area (Å²) >= 11 is 1.82. The van der Waals surface area contributed by atoms with Gasteiger partial charge in [0.15, 0.2) is 5.82 Å². The van der Waals surface area contributed by atoms with Gasteiger partial charge in [0.05, 0.1) is 11.4 Å². The molecule has 11 aromatic rings. The van der Waals surface area contributed by atoms with Crippen molar-refractivity contribution in [1.29, 1.82) is 0 Å². The molecule has 0 aliphatic heterocycles. The molecule has 0 saturated carbocycles. The van der Waals surface area contributed by atoms with Crippen molar-refractivity contribution in [2.75, 3.05) is 0 Å². The van der Waals surface area contributed by atoms with E-state index in [1.807, 2.05) is 41.7 Å². The zero-order valence-electron chi connectivity index (χ0n) is 30.2. The number of rotatable bonds is 6. The molecule has 56 heavy (non-hydrogen) atoms. The first kappa shape index (κ1) is 32.3. The minimum Gasteiger partial charge on any atom is -0.455 e. The lowest BCUT2D eigenvalue weighted by Gasteiger charge is -2.14. The van der Waals surface area contributed by atoms with Gasteiger partial charge in [0.2, 0.25) is 0 Å². The number of para-hydroxylation sites is 2. The SMILES string of the molecule is c1ccc(-c2ccc(-c3cc(-c4cc(-c5cccc6c5sc5ccccc56)nc(-c5ccccc5)n4)cc(-c4cccc5c4oc4ccccc45)c3)cc2)cc1. The van der Waals surface area contributed by atoms with E-state index >= 15 is 0 Å². The van der Waals surface area contributed by atoms with E-state index in [-0.39, 0.29) is 0 Å². The molecule has 0 bridgehead atoms. The van der Waals surface area contributed by atoms with Crippen molar-refractivity contribution in [3.05, 3.63) is 194 Å². The van der Waals surface area contributed by atoms with Gasteiger partial charge in [0.1, 0.15) is 11.2 Å². The molecule has 0 atom stereocenters. The lowest BCUT2D eigenvalue weighted by Crippen LogP contribution is -1.96. The van der Waals surface area contributed by atoms with Crippen molar-refractivity contribution in [2.24, 2.45) is 0 Å². The second kappa shape index (κ2) is 13.3. The molecule has 3 aromatic heterocycles. The van der Waals surface area contributed by atoms with Crippen molar-refractivity contribution in [3.8, 4) is 67.3 Å². The van der Waals surface area contributed by atoms with E-state index in [0.29, 0.717) is 5.82 Å². The molecule has 0 radical (unpaired) electrons.